The Morgan fingerprint density at radius 2 is 2.00 bits per heavy atom. The van der Waals surface area contributed by atoms with E-state index in [2.05, 4.69) is 14.5 Å². The van der Waals surface area contributed by atoms with E-state index in [9.17, 15) is 4.57 Å². The highest BCUT2D eigenvalue weighted by Crippen LogP contribution is 2.35. The number of phosphoric acid groups is 1. The molecule has 0 amide bonds. The van der Waals surface area contributed by atoms with Crippen molar-refractivity contribution in [2.75, 3.05) is 12.3 Å². The molecule has 0 spiro atoms. The molecule has 0 saturated carbocycles. The molecule has 0 fully saturated rings. The van der Waals surface area contributed by atoms with Gasteiger partial charge in [0.05, 0.1) is 17.0 Å². The highest BCUT2D eigenvalue weighted by Gasteiger charge is 2.19. The summed E-state index contributed by atoms with van der Waals surface area (Å²) >= 11 is 1.50. The molecule has 2 aromatic rings. The third-order valence-corrected chi connectivity index (χ3v) is 4.77. The van der Waals surface area contributed by atoms with E-state index in [1.54, 1.807) is 13.1 Å². The van der Waals surface area contributed by atoms with Gasteiger partial charge in [-0.2, -0.15) is 4.57 Å². The number of hydrogen-bond donors (Lipinski definition) is 3. The van der Waals surface area contributed by atoms with Crippen LogP contribution in [0.1, 0.15) is 22.0 Å². The lowest BCUT2D eigenvalue weighted by Gasteiger charge is -2.04. The smallest absolute Gasteiger partial charge is 0.469 e. The summed E-state index contributed by atoms with van der Waals surface area (Å²) in [5, 5.41) is 0. The first kappa shape index (κ1) is 26.1. The van der Waals surface area contributed by atoms with Gasteiger partial charge in [0.1, 0.15) is 11.6 Å². The fraction of sp³-hybridized carbons (Fsp3) is 0.417. The van der Waals surface area contributed by atoms with Crippen molar-refractivity contribution in [3.05, 3.63) is 33.7 Å². The summed E-state index contributed by atoms with van der Waals surface area (Å²) in [6.45, 7) is 4.24. The molecule has 0 aromatic carbocycles. The number of nitrogen functional groups attached to an aromatic ring is 1. The summed E-state index contributed by atoms with van der Waals surface area (Å²) in [6, 6.07) is 0. The molecule has 10 nitrogen and oxygen atoms in total. The Labute approximate surface area is 155 Å². The second kappa shape index (κ2) is 10.7. The first-order valence-corrected chi connectivity index (χ1v) is 8.92. The fourth-order valence-electron chi connectivity index (χ4n) is 1.92. The topological polar surface area (TPSA) is 185 Å². The number of anilines is 1. The summed E-state index contributed by atoms with van der Waals surface area (Å²) in [6.07, 6.45) is 2.15. The SMILES string of the molecule is Cc1ncc(C[n+]2csc(CCOP(=O)(O)O)c2C)c(N)n1.O.O.[Cl-]. The van der Waals surface area contributed by atoms with Crippen molar-refractivity contribution < 1.29 is 46.8 Å². The number of phosphoric ester groups is 1. The largest absolute Gasteiger partial charge is 1.00 e. The van der Waals surface area contributed by atoms with Crippen molar-refractivity contribution in [3.8, 4) is 0 Å². The van der Waals surface area contributed by atoms with Crippen LogP contribution in [0.25, 0.3) is 0 Å². The number of nitrogens with two attached hydrogens (primary N) is 1. The Hall–Kier alpha value is -1.17. The van der Waals surface area contributed by atoms with Crippen molar-refractivity contribution in [1.29, 1.82) is 0 Å². The van der Waals surface area contributed by atoms with E-state index in [0.717, 1.165) is 16.1 Å². The number of hydrogen-bond acceptors (Lipinski definition) is 6. The standard InChI is InChI=1S/C12H17N4O4PS.ClH.2H2O/c1-8-11(3-4-20-21(17,18)19)22-7-16(8)6-10-5-14-9(2)15-12(10)13;;;/h5,7H,3-4,6H2,1-2H3,(H3-,13,14,15,17,18,19);1H;2*1H2. The average molecular weight is 417 g/mol. The molecule has 2 heterocycles. The molecular formula is C12H22ClN4O6PS. The van der Waals surface area contributed by atoms with Gasteiger partial charge >= 0.3 is 7.82 Å². The molecule has 0 aliphatic rings. The van der Waals surface area contributed by atoms with E-state index < -0.39 is 7.82 Å². The number of rotatable bonds is 6. The molecule has 13 heteroatoms. The van der Waals surface area contributed by atoms with Crippen LogP contribution < -0.4 is 22.7 Å². The zero-order chi connectivity index (χ0) is 16.3. The lowest BCUT2D eigenvalue weighted by Crippen LogP contribution is -3.00. The third kappa shape index (κ3) is 7.72. The summed E-state index contributed by atoms with van der Waals surface area (Å²) in [5.74, 6) is 1.08. The minimum absolute atomic E-state index is 0. The molecule has 0 aliphatic carbocycles. The zero-order valence-corrected chi connectivity index (χ0v) is 16.1. The zero-order valence-electron chi connectivity index (χ0n) is 13.6. The maximum atomic E-state index is 10.7. The van der Waals surface area contributed by atoms with Crippen molar-refractivity contribution in [3.63, 3.8) is 0 Å². The molecule has 0 bridgehead atoms. The monoisotopic (exact) mass is 416 g/mol. The molecule has 0 radical (unpaired) electrons. The molecule has 0 saturated heterocycles. The van der Waals surface area contributed by atoms with Crippen LogP contribution in [0.5, 0.6) is 0 Å². The highest BCUT2D eigenvalue weighted by atomic mass is 35.5. The molecule has 0 atom stereocenters. The molecule has 144 valence electrons. The van der Waals surface area contributed by atoms with E-state index in [4.69, 9.17) is 15.5 Å². The van der Waals surface area contributed by atoms with Crippen molar-refractivity contribution in [1.82, 2.24) is 9.97 Å². The summed E-state index contributed by atoms with van der Waals surface area (Å²) in [7, 11) is -4.41. The molecule has 0 unspecified atom stereocenters. The number of nitrogens with zero attached hydrogens (tertiary/aromatic N) is 3. The van der Waals surface area contributed by atoms with Gasteiger partial charge in [-0.15, -0.1) is 0 Å². The van der Waals surface area contributed by atoms with Crippen molar-refractivity contribution in [2.24, 2.45) is 0 Å². The predicted octanol–water partition coefficient (Wildman–Crippen LogP) is -3.92. The normalized spacial score (nSPS) is 10.4. The van der Waals surface area contributed by atoms with Gasteiger partial charge < -0.3 is 38.9 Å². The van der Waals surface area contributed by atoms with E-state index in [0.29, 0.717) is 24.6 Å². The third-order valence-electron chi connectivity index (χ3n) is 3.10. The molecule has 2 rings (SSSR count). The van der Waals surface area contributed by atoms with Gasteiger partial charge in [-0.05, 0) is 6.92 Å². The highest BCUT2D eigenvalue weighted by molar-refractivity contribution is 7.46. The van der Waals surface area contributed by atoms with Crippen molar-refractivity contribution >= 4 is 25.0 Å². The van der Waals surface area contributed by atoms with Crippen LogP contribution in [0.3, 0.4) is 0 Å². The molecular weight excluding hydrogens is 395 g/mol. The van der Waals surface area contributed by atoms with E-state index in [-0.39, 0.29) is 30.0 Å². The summed E-state index contributed by atoms with van der Waals surface area (Å²) in [5.41, 5.74) is 9.65. The van der Waals surface area contributed by atoms with Crippen LogP contribution in [0.2, 0.25) is 0 Å². The molecule has 2 aromatic heterocycles. The van der Waals surface area contributed by atoms with Gasteiger partial charge in [0, 0.05) is 19.5 Å². The van der Waals surface area contributed by atoms with Crippen LogP contribution in [0, 0.1) is 13.8 Å². The van der Waals surface area contributed by atoms with Crippen LogP contribution in [-0.2, 0) is 22.1 Å². The van der Waals surface area contributed by atoms with Gasteiger partial charge in [-0.1, -0.05) is 11.3 Å². The lowest BCUT2D eigenvalue weighted by molar-refractivity contribution is -0.689. The Bertz CT molecular complexity index is 726. The maximum Gasteiger partial charge on any atom is 0.469 e. The average Bonchev–Trinajstić information content (AvgIpc) is 2.73. The fourth-order valence-corrected chi connectivity index (χ4v) is 3.23. The first-order valence-electron chi connectivity index (χ1n) is 6.51. The minimum atomic E-state index is -4.41. The number of thiazole rings is 1. The van der Waals surface area contributed by atoms with Crippen LogP contribution in [0.15, 0.2) is 11.7 Å². The van der Waals surface area contributed by atoms with Gasteiger partial charge in [0.25, 0.3) is 0 Å². The van der Waals surface area contributed by atoms with E-state index >= 15 is 0 Å². The number of aryl methyl sites for hydroxylation is 1. The summed E-state index contributed by atoms with van der Waals surface area (Å²) < 4.78 is 17.1. The Morgan fingerprint density at radius 1 is 1.36 bits per heavy atom. The predicted molar refractivity (Wildman–Crippen MR) is 88.5 cm³/mol. The number of halogens is 1. The van der Waals surface area contributed by atoms with Crippen LogP contribution >= 0.6 is 19.2 Å². The Kier molecular flexibility index (Phi) is 11.2. The molecule has 8 N–H and O–H groups in total. The number of aromatic nitrogens is 3. The van der Waals surface area contributed by atoms with Gasteiger partial charge in [-0.25, -0.2) is 14.5 Å². The van der Waals surface area contributed by atoms with Gasteiger partial charge in [-0.3, -0.25) is 4.52 Å². The first-order chi connectivity index (χ1) is 10.3. The quantitative estimate of drug-likeness (QED) is 0.317. The van der Waals surface area contributed by atoms with Gasteiger partial charge in [0.15, 0.2) is 12.2 Å². The Morgan fingerprint density at radius 3 is 2.56 bits per heavy atom. The second-order valence-electron chi connectivity index (χ2n) is 4.76. The van der Waals surface area contributed by atoms with Crippen LogP contribution in [-0.4, -0.2) is 37.3 Å². The van der Waals surface area contributed by atoms with E-state index in [1.165, 1.54) is 11.3 Å². The Balaban J connectivity index is 0. The van der Waals surface area contributed by atoms with Gasteiger partial charge in [0.2, 0.25) is 5.51 Å². The molecule has 25 heavy (non-hydrogen) atoms. The maximum absolute atomic E-state index is 10.7. The lowest BCUT2D eigenvalue weighted by atomic mass is 10.2. The minimum Gasteiger partial charge on any atom is -1.00 e. The second-order valence-corrected chi connectivity index (χ2v) is 6.94. The molecule has 0 aliphatic heterocycles. The van der Waals surface area contributed by atoms with E-state index in [1.807, 2.05) is 17.0 Å². The van der Waals surface area contributed by atoms with Crippen LogP contribution in [0.4, 0.5) is 5.82 Å². The summed E-state index contributed by atoms with van der Waals surface area (Å²) in [4.78, 5) is 26.6. The van der Waals surface area contributed by atoms with Crippen molar-refractivity contribution in [2.45, 2.75) is 26.8 Å².